The van der Waals surface area contributed by atoms with Crippen LogP contribution in [0.5, 0.6) is 0 Å². The van der Waals surface area contributed by atoms with Crippen molar-refractivity contribution in [1.29, 1.82) is 0 Å². The first-order valence-electron chi connectivity index (χ1n) is 9.97. The highest BCUT2D eigenvalue weighted by atomic mass is 16.1. The Morgan fingerprint density at radius 1 is 1.03 bits per heavy atom. The third-order valence-electron chi connectivity index (χ3n) is 5.15. The quantitative estimate of drug-likeness (QED) is 0.427. The van der Waals surface area contributed by atoms with Crippen LogP contribution in [0.15, 0.2) is 67.3 Å². The molecule has 0 atom stereocenters. The lowest BCUT2D eigenvalue weighted by Crippen LogP contribution is -2.36. The Balaban J connectivity index is 1.24. The summed E-state index contributed by atoms with van der Waals surface area (Å²) in [6.45, 7) is 0.449. The number of nitrogens with one attached hydrogen (secondary N) is 3. The van der Waals surface area contributed by atoms with Gasteiger partial charge in [0.2, 0.25) is 0 Å². The lowest BCUT2D eigenvalue weighted by Gasteiger charge is -2.16. The molecule has 0 bridgehead atoms. The molecule has 1 aliphatic rings. The van der Waals surface area contributed by atoms with E-state index in [2.05, 4.69) is 40.8 Å². The fraction of sp³-hybridized carbons (Fsp3) is 0.182. The topological polar surface area (TPSA) is 121 Å². The molecule has 3 heterocycles. The highest BCUT2D eigenvalue weighted by molar-refractivity contribution is 5.95. The summed E-state index contributed by atoms with van der Waals surface area (Å²) < 4.78 is 0. The second-order valence-corrected chi connectivity index (χ2v) is 7.38. The molecular formula is C22H20N8O. The van der Waals surface area contributed by atoms with Gasteiger partial charge in [-0.25, -0.2) is 15.0 Å². The van der Waals surface area contributed by atoms with Crippen molar-refractivity contribution < 1.29 is 4.79 Å². The van der Waals surface area contributed by atoms with Crippen molar-refractivity contribution in [2.75, 3.05) is 5.32 Å². The van der Waals surface area contributed by atoms with Crippen LogP contribution in [0, 0.1) is 0 Å². The third-order valence-corrected chi connectivity index (χ3v) is 5.15. The van der Waals surface area contributed by atoms with E-state index in [-0.39, 0.29) is 5.91 Å². The standard InChI is InChI=1S/C22H20N8O/c31-20(28-22(7-8-22)21-24-9-2-10-25-21)16-3-1-4-17(13-16)26-14-18-27-19(30-29-18)15-5-11-23-12-6-15/h1-6,9-13,26H,7-8,14H2,(H,28,31)(H,27,29,30). The van der Waals surface area contributed by atoms with E-state index in [0.717, 1.165) is 24.1 Å². The molecule has 31 heavy (non-hydrogen) atoms. The molecule has 9 heteroatoms. The van der Waals surface area contributed by atoms with Crippen LogP contribution in [0.3, 0.4) is 0 Å². The second-order valence-electron chi connectivity index (χ2n) is 7.38. The summed E-state index contributed by atoms with van der Waals surface area (Å²) in [5, 5.41) is 13.6. The molecule has 3 N–H and O–H groups in total. The first-order valence-corrected chi connectivity index (χ1v) is 9.97. The number of H-pyrrole nitrogens is 1. The normalized spacial score (nSPS) is 14.1. The minimum Gasteiger partial charge on any atom is -0.378 e. The van der Waals surface area contributed by atoms with E-state index in [1.54, 1.807) is 36.9 Å². The fourth-order valence-corrected chi connectivity index (χ4v) is 3.33. The first kappa shape index (κ1) is 18.9. The Morgan fingerprint density at radius 2 is 1.84 bits per heavy atom. The van der Waals surface area contributed by atoms with Crippen molar-refractivity contribution in [3.63, 3.8) is 0 Å². The molecule has 1 amide bonds. The van der Waals surface area contributed by atoms with Crippen LogP contribution < -0.4 is 10.6 Å². The van der Waals surface area contributed by atoms with Gasteiger partial charge in [-0.3, -0.25) is 14.9 Å². The van der Waals surface area contributed by atoms with Crippen LogP contribution in [0.2, 0.25) is 0 Å². The highest BCUT2D eigenvalue weighted by Gasteiger charge is 2.48. The lowest BCUT2D eigenvalue weighted by molar-refractivity contribution is 0.0928. The van der Waals surface area contributed by atoms with Gasteiger partial charge in [-0.05, 0) is 49.2 Å². The molecule has 1 aromatic carbocycles. The number of hydrogen-bond acceptors (Lipinski definition) is 7. The molecule has 5 rings (SSSR count). The summed E-state index contributed by atoms with van der Waals surface area (Å²) in [4.78, 5) is 29.9. The lowest BCUT2D eigenvalue weighted by atomic mass is 10.1. The van der Waals surface area contributed by atoms with Crippen LogP contribution in [-0.2, 0) is 12.1 Å². The number of hydrogen-bond donors (Lipinski definition) is 3. The van der Waals surface area contributed by atoms with Gasteiger partial charge in [-0.2, -0.15) is 5.10 Å². The largest absolute Gasteiger partial charge is 0.378 e. The zero-order valence-electron chi connectivity index (χ0n) is 16.6. The monoisotopic (exact) mass is 412 g/mol. The molecule has 0 spiro atoms. The average Bonchev–Trinajstić information content (AvgIpc) is 3.45. The number of aromatic amines is 1. The van der Waals surface area contributed by atoms with Crippen molar-refractivity contribution in [3.8, 4) is 11.4 Å². The summed E-state index contributed by atoms with van der Waals surface area (Å²) in [5.41, 5.74) is 1.83. The number of carbonyl (C=O) groups is 1. The summed E-state index contributed by atoms with van der Waals surface area (Å²) in [5.74, 6) is 1.83. The summed E-state index contributed by atoms with van der Waals surface area (Å²) in [6.07, 6.45) is 8.48. The molecule has 1 fully saturated rings. The number of amides is 1. The van der Waals surface area contributed by atoms with Gasteiger partial charge in [0.25, 0.3) is 5.91 Å². The van der Waals surface area contributed by atoms with E-state index >= 15 is 0 Å². The van der Waals surface area contributed by atoms with Crippen LogP contribution in [0.1, 0.15) is 34.8 Å². The molecule has 1 aliphatic carbocycles. The molecule has 9 nitrogen and oxygen atoms in total. The van der Waals surface area contributed by atoms with Crippen molar-refractivity contribution in [2.24, 2.45) is 0 Å². The van der Waals surface area contributed by atoms with E-state index < -0.39 is 5.54 Å². The number of nitrogens with zero attached hydrogens (tertiary/aromatic N) is 5. The first-order chi connectivity index (χ1) is 15.2. The SMILES string of the molecule is O=C(NC1(c2ncccn2)CC1)c1cccc(NCc2nc(-c3ccncc3)n[nH]2)c1. The molecular weight excluding hydrogens is 392 g/mol. The number of aromatic nitrogens is 6. The fourth-order valence-electron chi connectivity index (χ4n) is 3.33. The molecule has 3 aromatic heterocycles. The Hall–Kier alpha value is -4.14. The predicted octanol–water partition coefficient (Wildman–Crippen LogP) is 2.69. The Bertz CT molecular complexity index is 1190. The van der Waals surface area contributed by atoms with Crippen LogP contribution in [-0.4, -0.2) is 36.0 Å². The van der Waals surface area contributed by atoms with Gasteiger partial charge in [0.1, 0.15) is 11.4 Å². The Labute approximate surface area is 178 Å². The molecule has 4 aromatic rings. The number of carbonyl (C=O) groups excluding carboxylic acids is 1. The molecule has 154 valence electrons. The maximum absolute atomic E-state index is 12.8. The minimum atomic E-state index is -0.453. The molecule has 0 unspecified atom stereocenters. The summed E-state index contributed by atoms with van der Waals surface area (Å²) >= 11 is 0. The third kappa shape index (κ3) is 4.11. The maximum Gasteiger partial charge on any atom is 0.252 e. The van der Waals surface area contributed by atoms with E-state index in [4.69, 9.17) is 0 Å². The molecule has 0 saturated heterocycles. The smallest absolute Gasteiger partial charge is 0.252 e. The summed E-state index contributed by atoms with van der Waals surface area (Å²) in [6, 6.07) is 12.8. The van der Waals surface area contributed by atoms with Crippen molar-refractivity contribution in [3.05, 3.63) is 84.5 Å². The van der Waals surface area contributed by atoms with Crippen LogP contribution >= 0.6 is 0 Å². The number of anilines is 1. The van der Waals surface area contributed by atoms with E-state index in [1.807, 2.05) is 30.3 Å². The number of benzene rings is 1. The molecule has 0 aliphatic heterocycles. The van der Waals surface area contributed by atoms with Crippen molar-refractivity contribution in [1.82, 2.24) is 35.5 Å². The van der Waals surface area contributed by atoms with Gasteiger partial charge in [0.15, 0.2) is 11.6 Å². The van der Waals surface area contributed by atoms with Crippen molar-refractivity contribution >= 4 is 11.6 Å². The summed E-state index contributed by atoms with van der Waals surface area (Å²) in [7, 11) is 0. The highest BCUT2D eigenvalue weighted by Crippen LogP contribution is 2.43. The molecule has 0 radical (unpaired) electrons. The zero-order chi connectivity index (χ0) is 21.1. The van der Waals surface area contributed by atoms with Gasteiger partial charge < -0.3 is 10.6 Å². The van der Waals surface area contributed by atoms with E-state index in [1.165, 1.54) is 0 Å². The van der Waals surface area contributed by atoms with Gasteiger partial charge in [0, 0.05) is 41.6 Å². The van der Waals surface area contributed by atoms with Crippen LogP contribution in [0.4, 0.5) is 5.69 Å². The Morgan fingerprint density at radius 3 is 2.61 bits per heavy atom. The van der Waals surface area contributed by atoms with E-state index in [9.17, 15) is 4.79 Å². The van der Waals surface area contributed by atoms with Crippen molar-refractivity contribution in [2.45, 2.75) is 24.9 Å². The minimum absolute atomic E-state index is 0.145. The Kier molecular flexibility index (Phi) is 4.83. The average molecular weight is 412 g/mol. The van der Waals surface area contributed by atoms with Gasteiger partial charge in [-0.1, -0.05) is 6.07 Å². The second kappa shape index (κ2) is 7.94. The number of pyridine rings is 1. The van der Waals surface area contributed by atoms with Gasteiger partial charge in [0.05, 0.1) is 6.54 Å². The van der Waals surface area contributed by atoms with Gasteiger partial charge in [-0.15, -0.1) is 0 Å². The molecule has 1 saturated carbocycles. The zero-order valence-corrected chi connectivity index (χ0v) is 16.6. The number of rotatable bonds is 7. The van der Waals surface area contributed by atoms with E-state index in [0.29, 0.717) is 29.6 Å². The van der Waals surface area contributed by atoms with Gasteiger partial charge >= 0.3 is 0 Å². The predicted molar refractivity (Wildman–Crippen MR) is 114 cm³/mol. The van der Waals surface area contributed by atoms with Crippen LogP contribution in [0.25, 0.3) is 11.4 Å². The maximum atomic E-state index is 12.8.